The maximum absolute atomic E-state index is 11.3. The fourth-order valence-corrected chi connectivity index (χ4v) is 0.695. The van der Waals surface area contributed by atoms with Crippen LogP contribution in [0.3, 0.4) is 0 Å². The number of rotatable bonds is 5. The van der Waals surface area contributed by atoms with Crippen molar-refractivity contribution in [2.24, 2.45) is 5.41 Å². The molecule has 0 radical (unpaired) electrons. The normalized spacial score (nSPS) is 14.2. The molecule has 0 spiro atoms. The molecule has 0 bridgehead atoms. The largest absolute Gasteiger partial charge is 0.505 e. The van der Waals surface area contributed by atoms with Crippen molar-refractivity contribution in [1.29, 1.82) is 0 Å². The molecule has 1 atom stereocenters. The molecule has 14 heavy (non-hydrogen) atoms. The Morgan fingerprint density at radius 2 is 1.93 bits per heavy atom. The van der Waals surface area contributed by atoms with Gasteiger partial charge in [0, 0.05) is 0 Å². The first kappa shape index (κ1) is 12.7. The molecule has 0 aliphatic rings. The van der Waals surface area contributed by atoms with Gasteiger partial charge in [-0.05, 0) is 13.8 Å². The molecule has 0 aliphatic carbocycles. The Balaban J connectivity index is 4.30. The van der Waals surface area contributed by atoms with Crippen LogP contribution in [0, 0.1) is 5.41 Å². The second-order valence-electron chi connectivity index (χ2n) is 2.99. The Kier molecular flexibility index (Phi) is 4.93. The van der Waals surface area contributed by atoms with Gasteiger partial charge in [0.1, 0.15) is 12.0 Å². The number of hydrogen-bond donors (Lipinski definition) is 2. The maximum Gasteiger partial charge on any atom is 0.505 e. The van der Waals surface area contributed by atoms with Crippen LogP contribution in [-0.4, -0.2) is 42.2 Å². The lowest BCUT2D eigenvalue weighted by Gasteiger charge is -2.23. The average Bonchev–Trinajstić information content (AvgIpc) is 2.14. The highest BCUT2D eigenvalue weighted by atomic mass is 16.7. The number of carbonyl (C=O) groups is 2. The van der Waals surface area contributed by atoms with Gasteiger partial charge in [-0.15, -0.1) is 0 Å². The van der Waals surface area contributed by atoms with Crippen LogP contribution < -0.4 is 0 Å². The molecule has 6 heteroatoms. The average molecular weight is 206 g/mol. The summed E-state index contributed by atoms with van der Waals surface area (Å²) in [4.78, 5) is 21.3. The van der Waals surface area contributed by atoms with Crippen LogP contribution in [0.1, 0.15) is 13.8 Å². The third-order valence-corrected chi connectivity index (χ3v) is 1.63. The summed E-state index contributed by atoms with van der Waals surface area (Å²) in [5.41, 5.74) is -1.32. The van der Waals surface area contributed by atoms with Crippen molar-refractivity contribution in [2.75, 3.05) is 19.8 Å². The highest BCUT2D eigenvalue weighted by Crippen LogP contribution is 2.18. The summed E-state index contributed by atoms with van der Waals surface area (Å²) in [7, 11) is 0. The number of hydrogen-bond acceptors (Lipinski definition) is 5. The molecular weight excluding hydrogens is 192 g/mol. The minimum atomic E-state index is -1.49. The molecule has 82 valence electrons. The van der Waals surface area contributed by atoms with Gasteiger partial charge < -0.3 is 19.7 Å². The molecule has 0 aromatic heterocycles. The highest BCUT2D eigenvalue weighted by Gasteiger charge is 2.36. The zero-order valence-corrected chi connectivity index (χ0v) is 8.15. The standard InChI is InChI=1S/C8H14O6/c1-3-13-6(10)8(2,4-9)5-14-7(11)12/h9H,3-5H2,1-2H3,(H,11,12). The van der Waals surface area contributed by atoms with E-state index < -0.39 is 30.8 Å². The lowest BCUT2D eigenvalue weighted by Crippen LogP contribution is -2.38. The fourth-order valence-electron chi connectivity index (χ4n) is 0.695. The van der Waals surface area contributed by atoms with Crippen molar-refractivity contribution in [3.05, 3.63) is 0 Å². The lowest BCUT2D eigenvalue weighted by molar-refractivity contribution is -0.159. The van der Waals surface area contributed by atoms with Gasteiger partial charge in [-0.1, -0.05) is 0 Å². The first-order chi connectivity index (χ1) is 6.46. The van der Waals surface area contributed by atoms with Crippen LogP contribution in [0.5, 0.6) is 0 Å². The number of aliphatic hydroxyl groups excluding tert-OH is 1. The van der Waals surface area contributed by atoms with Crippen molar-refractivity contribution in [1.82, 2.24) is 0 Å². The second-order valence-corrected chi connectivity index (χ2v) is 2.99. The van der Waals surface area contributed by atoms with Crippen LogP contribution in [0.15, 0.2) is 0 Å². The van der Waals surface area contributed by atoms with Crippen LogP contribution in [0.25, 0.3) is 0 Å². The first-order valence-corrected chi connectivity index (χ1v) is 4.10. The summed E-state index contributed by atoms with van der Waals surface area (Å²) < 4.78 is 8.88. The summed E-state index contributed by atoms with van der Waals surface area (Å²) in [5, 5.41) is 17.1. The van der Waals surface area contributed by atoms with E-state index in [2.05, 4.69) is 9.47 Å². The Labute approximate surface area is 81.4 Å². The van der Waals surface area contributed by atoms with Gasteiger partial charge in [0.15, 0.2) is 0 Å². The van der Waals surface area contributed by atoms with Gasteiger partial charge in [0.25, 0.3) is 0 Å². The summed E-state index contributed by atoms with van der Waals surface area (Å²) in [6.07, 6.45) is -1.49. The second kappa shape index (κ2) is 5.43. The van der Waals surface area contributed by atoms with Gasteiger partial charge in [-0.3, -0.25) is 4.79 Å². The Hall–Kier alpha value is -1.30. The molecule has 0 aliphatic heterocycles. The van der Waals surface area contributed by atoms with Gasteiger partial charge in [0.2, 0.25) is 0 Å². The molecule has 0 heterocycles. The van der Waals surface area contributed by atoms with E-state index in [1.54, 1.807) is 6.92 Å². The summed E-state index contributed by atoms with van der Waals surface area (Å²) in [5.74, 6) is -0.677. The Bertz CT molecular complexity index is 214. The molecule has 0 aromatic rings. The zero-order chi connectivity index (χ0) is 11.2. The van der Waals surface area contributed by atoms with Crippen LogP contribution in [-0.2, 0) is 14.3 Å². The van der Waals surface area contributed by atoms with E-state index in [0.717, 1.165) is 0 Å². The Morgan fingerprint density at radius 1 is 1.36 bits per heavy atom. The summed E-state index contributed by atoms with van der Waals surface area (Å²) >= 11 is 0. The predicted molar refractivity (Wildman–Crippen MR) is 45.8 cm³/mol. The Morgan fingerprint density at radius 3 is 2.29 bits per heavy atom. The topological polar surface area (TPSA) is 93.1 Å². The highest BCUT2D eigenvalue weighted by molar-refractivity contribution is 5.77. The van der Waals surface area contributed by atoms with E-state index in [9.17, 15) is 9.59 Å². The molecule has 2 N–H and O–H groups in total. The fraction of sp³-hybridized carbons (Fsp3) is 0.750. The van der Waals surface area contributed by atoms with Gasteiger partial charge in [-0.2, -0.15) is 0 Å². The molecular formula is C8H14O6. The number of esters is 1. The number of ether oxygens (including phenoxy) is 2. The maximum atomic E-state index is 11.3. The molecule has 0 saturated heterocycles. The number of carbonyl (C=O) groups excluding carboxylic acids is 1. The summed E-state index contributed by atoms with van der Waals surface area (Å²) in [6, 6.07) is 0. The van der Waals surface area contributed by atoms with E-state index in [0.29, 0.717) is 0 Å². The minimum absolute atomic E-state index is 0.168. The first-order valence-electron chi connectivity index (χ1n) is 4.10. The van der Waals surface area contributed by atoms with E-state index in [-0.39, 0.29) is 6.61 Å². The monoisotopic (exact) mass is 206 g/mol. The SMILES string of the molecule is CCOC(=O)C(C)(CO)COC(=O)O. The molecule has 0 aromatic carbocycles. The van der Waals surface area contributed by atoms with Gasteiger partial charge >= 0.3 is 12.1 Å². The molecule has 1 unspecified atom stereocenters. The quantitative estimate of drug-likeness (QED) is 0.626. The van der Waals surface area contributed by atoms with Crippen molar-refractivity contribution >= 4 is 12.1 Å². The van der Waals surface area contributed by atoms with E-state index >= 15 is 0 Å². The third-order valence-electron chi connectivity index (χ3n) is 1.63. The minimum Gasteiger partial charge on any atom is -0.465 e. The molecule has 0 saturated carbocycles. The third kappa shape index (κ3) is 3.61. The number of aliphatic hydroxyl groups is 1. The smallest absolute Gasteiger partial charge is 0.465 e. The van der Waals surface area contributed by atoms with Crippen molar-refractivity contribution in [3.63, 3.8) is 0 Å². The molecule has 0 fully saturated rings. The van der Waals surface area contributed by atoms with Crippen molar-refractivity contribution in [2.45, 2.75) is 13.8 Å². The number of carboxylic acid groups (broad SMARTS) is 1. The molecule has 0 rings (SSSR count). The van der Waals surface area contributed by atoms with E-state index in [4.69, 9.17) is 10.2 Å². The van der Waals surface area contributed by atoms with Crippen LogP contribution >= 0.6 is 0 Å². The van der Waals surface area contributed by atoms with Crippen molar-refractivity contribution in [3.8, 4) is 0 Å². The van der Waals surface area contributed by atoms with E-state index in [1.807, 2.05) is 0 Å². The lowest BCUT2D eigenvalue weighted by atomic mass is 9.93. The van der Waals surface area contributed by atoms with Crippen molar-refractivity contribution < 1.29 is 29.3 Å². The van der Waals surface area contributed by atoms with Crippen LogP contribution in [0.4, 0.5) is 4.79 Å². The molecule has 6 nitrogen and oxygen atoms in total. The van der Waals surface area contributed by atoms with Gasteiger partial charge in [0.05, 0.1) is 13.2 Å². The predicted octanol–water partition coefficient (Wildman–Crippen LogP) is 0.243. The molecule has 0 amide bonds. The van der Waals surface area contributed by atoms with Crippen LogP contribution in [0.2, 0.25) is 0 Å². The van der Waals surface area contributed by atoms with Gasteiger partial charge in [-0.25, -0.2) is 4.79 Å². The zero-order valence-electron chi connectivity index (χ0n) is 8.15. The van der Waals surface area contributed by atoms with E-state index in [1.165, 1.54) is 6.92 Å². The summed E-state index contributed by atoms with van der Waals surface area (Å²) in [6.45, 7) is 2.21.